The third kappa shape index (κ3) is 35.2. The molecule has 0 amide bonds. The van der Waals surface area contributed by atoms with Crippen LogP contribution in [0.5, 0.6) is 0 Å². The predicted octanol–water partition coefficient (Wildman–Crippen LogP) is 13.1. The van der Waals surface area contributed by atoms with Crippen LogP contribution in [0.4, 0.5) is 0 Å². The molecule has 0 saturated carbocycles. The summed E-state index contributed by atoms with van der Waals surface area (Å²) in [5.41, 5.74) is 0. The molecule has 0 unspecified atom stereocenters. The van der Waals surface area contributed by atoms with Gasteiger partial charge in [0.15, 0.2) is 0 Å². The van der Waals surface area contributed by atoms with Gasteiger partial charge in [0, 0.05) is 6.42 Å². The summed E-state index contributed by atoms with van der Waals surface area (Å²) >= 11 is 0. The molecule has 0 fully saturated rings. The number of hydrogen-bond donors (Lipinski definition) is 0. The second-order valence-electron chi connectivity index (χ2n) is 12.7. The molecule has 0 spiro atoms. The summed E-state index contributed by atoms with van der Waals surface area (Å²) in [4.78, 5) is 11.9. The number of rotatable bonds is 32. The van der Waals surface area contributed by atoms with E-state index in [4.69, 9.17) is 4.74 Å². The first kappa shape index (κ1) is 38.2. The van der Waals surface area contributed by atoms with Crippen LogP contribution >= 0.6 is 0 Å². The zero-order valence-electron chi connectivity index (χ0n) is 27.3. The van der Waals surface area contributed by atoms with Gasteiger partial charge in [-0.2, -0.15) is 0 Å². The van der Waals surface area contributed by atoms with Crippen LogP contribution in [0.15, 0.2) is 12.2 Å². The van der Waals surface area contributed by atoms with Gasteiger partial charge in [-0.05, 0) is 44.4 Å². The van der Waals surface area contributed by atoms with E-state index in [9.17, 15) is 4.79 Å². The lowest BCUT2D eigenvalue weighted by molar-refractivity contribution is -0.143. The smallest absolute Gasteiger partial charge is 0.305 e. The Morgan fingerprint density at radius 1 is 0.513 bits per heavy atom. The molecular formula is C37H72O2. The number of carbonyl (C=O) groups is 1. The third-order valence-electron chi connectivity index (χ3n) is 8.08. The molecular weight excluding hydrogens is 476 g/mol. The highest BCUT2D eigenvalue weighted by molar-refractivity contribution is 5.69. The molecule has 2 nitrogen and oxygen atoms in total. The molecule has 0 saturated heterocycles. The topological polar surface area (TPSA) is 26.3 Å². The van der Waals surface area contributed by atoms with Crippen molar-refractivity contribution in [3.8, 4) is 0 Å². The lowest BCUT2D eigenvalue weighted by Crippen LogP contribution is -2.05. The summed E-state index contributed by atoms with van der Waals surface area (Å²) in [6.07, 6.45) is 42.7. The summed E-state index contributed by atoms with van der Waals surface area (Å²) in [6.45, 7) is 7.57. The van der Waals surface area contributed by atoms with Gasteiger partial charge in [0.1, 0.15) is 0 Å². The van der Waals surface area contributed by atoms with Gasteiger partial charge < -0.3 is 4.74 Å². The SMILES string of the molecule is CCCCCCCC/C=C\CCCCCCCC(=O)OCCCCCCCCCCCCCCCCC(C)C. The first-order chi connectivity index (χ1) is 19.2. The van der Waals surface area contributed by atoms with Crippen LogP contribution in [0.1, 0.15) is 207 Å². The molecule has 0 bridgehead atoms. The molecule has 0 rings (SSSR count). The molecule has 0 aliphatic rings. The Balaban J connectivity index is 3.19. The van der Waals surface area contributed by atoms with E-state index in [0.717, 1.165) is 25.2 Å². The third-order valence-corrected chi connectivity index (χ3v) is 8.08. The van der Waals surface area contributed by atoms with Crippen molar-refractivity contribution in [1.29, 1.82) is 0 Å². The van der Waals surface area contributed by atoms with Crippen LogP contribution in [-0.4, -0.2) is 12.6 Å². The fourth-order valence-corrected chi connectivity index (χ4v) is 5.37. The highest BCUT2D eigenvalue weighted by atomic mass is 16.5. The zero-order chi connectivity index (χ0) is 28.5. The Bertz CT molecular complexity index is 496. The number of hydrogen-bond acceptors (Lipinski definition) is 2. The van der Waals surface area contributed by atoms with Gasteiger partial charge >= 0.3 is 5.97 Å². The molecule has 0 radical (unpaired) electrons. The van der Waals surface area contributed by atoms with Crippen molar-refractivity contribution < 1.29 is 9.53 Å². The van der Waals surface area contributed by atoms with E-state index in [2.05, 4.69) is 32.9 Å². The second-order valence-corrected chi connectivity index (χ2v) is 12.7. The van der Waals surface area contributed by atoms with Crippen molar-refractivity contribution in [2.24, 2.45) is 5.92 Å². The minimum Gasteiger partial charge on any atom is -0.466 e. The average Bonchev–Trinajstić information content (AvgIpc) is 2.92. The summed E-state index contributed by atoms with van der Waals surface area (Å²) in [5.74, 6) is 0.891. The molecule has 0 aliphatic carbocycles. The van der Waals surface area contributed by atoms with Gasteiger partial charge in [-0.1, -0.05) is 174 Å². The van der Waals surface area contributed by atoms with E-state index < -0.39 is 0 Å². The van der Waals surface area contributed by atoms with Gasteiger partial charge in [-0.3, -0.25) is 4.79 Å². The Kier molecular flexibility index (Phi) is 32.7. The fourth-order valence-electron chi connectivity index (χ4n) is 5.37. The molecule has 0 aromatic carbocycles. The van der Waals surface area contributed by atoms with Crippen molar-refractivity contribution in [2.45, 2.75) is 207 Å². The van der Waals surface area contributed by atoms with E-state index in [1.807, 2.05) is 0 Å². The van der Waals surface area contributed by atoms with Crippen LogP contribution < -0.4 is 0 Å². The number of carbonyl (C=O) groups excluding carboxylic acids is 1. The second kappa shape index (κ2) is 33.4. The summed E-state index contributed by atoms with van der Waals surface area (Å²) in [7, 11) is 0. The van der Waals surface area contributed by atoms with Crippen molar-refractivity contribution >= 4 is 5.97 Å². The fraction of sp³-hybridized carbons (Fsp3) is 0.919. The lowest BCUT2D eigenvalue weighted by Gasteiger charge is -2.06. The Labute approximate surface area is 246 Å². The normalized spacial score (nSPS) is 11.7. The van der Waals surface area contributed by atoms with Crippen LogP contribution in [-0.2, 0) is 9.53 Å². The van der Waals surface area contributed by atoms with Gasteiger partial charge in [0.05, 0.1) is 6.61 Å². The van der Waals surface area contributed by atoms with E-state index in [0.29, 0.717) is 13.0 Å². The highest BCUT2D eigenvalue weighted by Gasteiger charge is 2.02. The molecule has 39 heavy (non-hydrogen) atoms. The van der Waals surface area contributed by atoms with E-state index in [1.165, 1.54) is 161 Å². The average molecular weight is 549 g/mol. The van der Waals surface area contributed by atoms with E-state index >= 15 is 0 Å². The first-order valence-electron chi connectivity index (χ1n) is 18.0. The number of allylic oxidation sites excluding steroid dienone is 2. The van der Waals surface area contributed by atoms with Crippen molar-refractivity contribution in [3.63, 3.8) is 0 Å². The molecule has 232 valence electrons. The number of ether oxygens (including phenoxy) is 1. The maximum absolute atomic E-state index is 11.9. The Hall–Kier alpha value is -0.790. The Morgan fingerprint density at radius 2 is 0.897 bits per heavy atom. The van der Waals surface area contributed by atoms with E-state index in [-0.39, 0.29) is 5.97 Å². The van der Waals surface area contributed by atoms with Gasteiger partial charge in [-0.15, -0.1) is 0 Å². The van der Waals surface area contributed by atoms with Crippen molar-refractivity contribution in [1.82, 2.24) is 0 Å². The Morgan fingerprint density at radius 3 is 1.36 bits per heavy atom. The van der Waals surface area contributed by atoms with Crippen molar-refractivity contribution in [3.05, 3.63) is 12.2 Å². The summed E-state index contributed by atoms with van der Waals surface area (Å²) < 4.78 is 5.44. The largest absolute Gasteiger partial charge is 0.466 e. The zero-order valence-corrected chi connectivity index (χ0v) is 27.3. The van der Waals surface area contributed by atoms with E-state index in [1.54, 1.807) is 0 Å². The first-order valence-corrected chi connectivity index (χ1v) is 18.0. The predicted molar refractivity (Wildman–Crippen MR) is 175 cm³/mol. The van der Waals surface area contributed by atoms with Crippen LogP contribution in [0, 0.1) is 5.92 Å². The molecule has 0 atom stereocenters. The minimum atomic E-state index is 0.0168. The van der Waals surface area contributed by atoms with Crippen LogP contribution in [0.25, 0.3) is 0 Å². The van der Waals surface area contributed by atoms with Gasteiger partial charge in [-0.25, -0.2) is 0 Å². The maximum atomic E-state index is 11.9. The minimum absolute atomic E-state index is 0.0168. The quantitative estimate of drug-likeness (QED) is 0.0474. The molecule has 0 heterocycles. The van der Waals surface area contributed by atoms with Crippen LogP contribution in [0.2, 0.25) is 0 Å². The number of esters is 1. The highest BCUT2D eigenvalue weighted by Crippen LogP contribution is 2.15. The van der Waals surface area contributed by atoms with Gasteiger partial charge in [0.2, 0.25) is 0 Å². The molecule has 0 aromatic rings. The molecule has 0 N–H and O–H groups in total. The summed E-state index contributed by atoms with van der Waals surface area (Å²) in [5, 5.41) is 0. The number of unbranched alkanes of at least 4 members (excludes halogenated alkanes) is 24. The maximum Gasteiger partial charge on any atom is 0.305 e. The molecule has 2 heteroatoms. The summed E-state index contributed by atoms with van der Waals surface area (Å²) in [6, 6.07) is 0. The van der Waals surface area contributed by atoms with Crippen molar-refractivity contribution in [2.75, 3.05) is 6.61 Å². The monoisotopic (exact) mass is 549 g/mol. The molecule has 0 aromatic heterocycles. The van der Waals surface area contributed by atoms with Crippen LogP contribution in [0.3, 0.4) is 0 Å². The standard InChI is InChI=1S/C37H72O2/c1-4-5-6-7-8-9-10-11-12-16-19-22-25-28-31-34-37(38)39-35-32-29-26-23-20-17-14-13-15-18-21-24-27-30-33-36(2)3/h11-12,36H,4-10,13-35H2,1-3H3/b12-11-. The lowest BCUT2D eigenvalue weighted by atomic mass is 10.0. The van der Waals surface area contributed by atoms with Gasteiger partial charge in [0.25, 0.3) is 0 Å². The molecule has 0 aliphatic heterocycles.